The molecule has 2 heterocycles. The van der Waals surface area contributed by atoms with E-state index in [2.05, 4.69) is 10.1 Å². The van der Waals surface area contributed by atoms with Crippen LogP contribution >= 0.6 is 0 Å². The highest BCUT2D eigenvalue weighted by atomic mass is 16.5. The fourth-order valence-electron chi connectivity index (χ4n) is 1.37. The number of hydrogen-bond acceptors (Lipinski definition) is 5. The Morgan fingerprint density at radius 1 is 1.44 bits per heavy atom. The number of aromatic nitrogens is 2. The lowest BCUT2D eigenvalue weighted by Gasteiger charge is -1.98. The summed E-state index contributed by atoms with van der Waals surface area (Å²) in [5, 5.41) is 13.2. The van der Waals surface area contributed by atoms with Crippen molar-refractivity contribution in [1.82, 2.24) is 10.1 Å². The smallest absolute Gasteiger partial charge is 0.227 e. The highest BCUT2D eigenvalue weighted by Gasteiger charge is 2.13. The molecule has 5 heteroatoms. The topological polar surface area (TPSA) is 72.3 Å². The third-order valence-electron chi connectivity index (χ3n) is 2.33. The van der Waals surface area contributed by atoms with Crippen molar-refractivity contribution in [3.8, 4) is 0 Å². The summed E-state index contributed by atoms with van der Waals surface area (Å²) in [5.41, 5.74) is 0. The van der Waals surface area contributed by atoms with E-state index in [1.807, 2.05) is 19.1 Å². The second kappa shape index (κ2) is 4.94. The quantitative estimate of drug-likeness (QED) is 0.836. The van der Waals surface area contributed by atoms with E-state index in [1.165, 1.54) is 0 Å². The Balaban J connectivity index is 1.93. The number of aliphatic hydroxyl groups is 1. The Labute approximate surface area is 93.1 Å². The standard InChI is InChI=1S/C11H14N2O3/c1-2-9(14)11-12-10(16-13-11)6-5-8-4-3-7-15-8/h3-4,7,9,14H,2,5-6H2,1H3. The minimum Gasteiger partial charge on any atom is -0.469 e. The van der Waals surface area contributed by atoms with Crippen molar-refractivity contribution < 1.29 is 14.0 Å². The fourth-order valence-corrected chi connectivity index (χ4v) is 1.37. The summed E-state index contributed by atoms with van der Waals surface area (Å²) in [4.78, 5) is 4.11. The Morgan fingerprint density at radius 2 is 2.31 bits per heavy atom. The van der Waals surface area contributed by atoms with E-state index in [0.29, 0.717) is 24.6 Å². The Morgan fingerprint density at radius 3 is 3.00 bits per heavy atom. The van der Waals surface area contributed by atoms with Crippen molar-refractivity contribution >= 4 is 0 Å². The number of furan rings is 1. The molecule has 86 valence electrons. The molecule has 2 aromatic heterocycles. The number of rotatable bonds is 5. The molecule has 2 rings (SSSR count). The molecular weight excluding hydrogens is 208 g/mol. The highest BCUT2D eigenvalue weighted by molar-refractivity contribution is 5.00. The van der Waals surface area contributed by atoms with Crippen molar-refractivity contribution in [3.63, 3.8) is 0 Å². The average Bonchev–Trinajstić information content (AvgIpc) is 2.96. The SMILES string of the molecule is CCC(O)c1noc(CCc2ccco2)n1. The van der Waals surface area contributed by atoms with Gasteiger partial charge in [-0.25, -0.2) is 0 Å². The summed E-state index contributed by atoms with van der Waals surface area (Å²) in [7, 11) is 0. The van der Waals surface area contributed by atoms with Gasteiger partial charge >= 0.3 is 0 Å². The predicted octanol–water partition coefficient (Wildman–Crippen LogP) is 1.89. The predicted molar refractivity (Wildman–Crippen MR) is 55.7 cm³/mol. The van der Waals surface area contributed by atoms with Crippen molar-refractivity contribution in [3.05, 3.63) is 35.9 Å². The molecule has 0 aliphatic heterocycles. The molecule has 16 heavy (non-hydrogen) atoms. The number of aryl methyl sites for hydroxylation is 2. The molecular formula is C11H14N2O3. The van der Waals surface area contributed by atoms with Crippen LogP contribution in [0, 0.1) is 0 Å². The molecule has 1 N–H and O–H groups in total. The zero-order valence-electron chi connectivity index (χ0n) is 9.09. The monoisotopic (exact) mass is 222 g/mol. The molecule has 0 radical (unpaired) electrons. The lowest BCUT2D eigenvalue weighted by atomic mass is 10.2. The summed E-state index contributed by atoms with van der Waals surface area (Å²) >= 11 is 0. The second-order valence-corrected chi connectivity index (χ2v) is 3.55. The lowest BCUT2D eigenvalue weighted by Crippen LogP contribution is -1.98. The summed E-state index contributed by atoms with van der Waals surface area (Å²) in [6.45, 7) is 1.86. The summed E-state index contributed by atoms with van der Waals surface area (Å²) < 4.78 is 10.2. The van der Waals surface area contributed by atoms with E-state index in [1.54, 1.807) is 6.26 Å². The molecule has 1 unspecified atom stereocenters. The maximum atomic E-state index is 9.49. The van der Waals surface area contributed by atoms with Crippen LogP contribution in [0.2, 0.25) is 0 Å². The number of aliphatic hydroxyl groups excluding tert-OH is 1. The Bertz CT molecular complexity index is 422. The van der Waals surface area contributed by atoms with E-state index < -0.39 is 6.10 Å². The van der Waals surface area contributed by atoms with Gasteiger partial charge in [0.25, 0.3) is 0 Å². The van der Waals surface area contributed by atoms with Crippen molar-refractivity contribution in [2.24, 2.45) is 0 Å². The van der Waals surface area contributed by atoms with Crippen LogP contribution in [0.25, 0.3) is 0 Å². The van der Waals surface area contributed by atoms with Crippen LogP contribution < -0.4 is 0 Å². The summed E-state index contributed by atoms with van der Waals surface area (Å²) in [5.74, 6) is 1.77. The molecule has 0 aliphatic carbocycles. The van der Waals surface area contributed by atoms with E-state index in [-0.39, 0.29) is 0 Å². The molecule has 0 amide bonds. The summed E-state index contributed by atoms with van der Waals surface area (Å²) in [6, 6.07) is 3.74. The van der Waals surface area contributed by atoms with Crippen LogP contribution in [0.3, 0.4) is 0 Å². The Hall–Kier alpha value is -1.62. The Kier molecular flexibility index (Phi) is 3.36. The lowest BCUT2D eigenvalue weighted by molar-refractivity contribution is 0.159. The first-order valence-corrected chi connectivity index (χ1v) is 5.32. The van der Waals surface area contributed by atoms with Crippen LogP contribution in [0.5, 0.6) is 0 Å². The van der Waals surface area contributed by atoms with Crippen LogP contribution in [0.4, 0.5) is 0 Å². The van der Waals surface area contributed by atoms with Crippen LogP contribution in [0.15, 0.2) is 27.3 Å². The van der Waals surface area contributed by atoms with Gasteiger partial charge in [-0.15, -0.1) is 0 Å². The fraction of sp³-hybridized carbons (Fsp3) is 0.455. The average molecular weight is 222 g/mol. The molecule has 0 spiro atoms. The maximum absolute atomic E-state index is 9.49. The molecule has 5 nitrogen and oxygen atoms in total. The van der Waals surface area contributed by atoms with Gasteiger partial charge in [-0.2, -0.15) is 4.98 Å². The second-order valence-electron chi connectivity index (χ2n) is 3.55. The van der Waals surface area contributed by atoms with Gasteiger partial charge in [0.15, 0.2) is 5.82 Å². The number of hydrogen-bond donors (Lipinski definition) is 1. The first-order valence-electron chi connectivity index (χ1n) is 5.32. The van der Waals surface area contributed by atoms with Gasteiger partial charge in [-0.05, 0) is 18.6 Å². The van der Waals surface area contributed by atoms with Gasteiger partial charge in [0.2, 0.25) is 5.89 Å². The zero-order chi connectivity index (χ0) is 11.4. The van der Waals surface area contributed by atoms with Gasteiger partial charge in [0.1, 0.15) is 11.9 Å². The van der Waals surface area contributed by atoms with E-state index in [4.69, 9.17) is 8.94 Å². The highest BCUT2D eigenvalue weighted by Crippen LogP contribution is 2.13. The third-order valence-corrected chi connectivity index (χ3v) is 2.33. The van der Waals surface area contributed by atoms with Crippen molar-refractivity contribution in [1.29, 1.82) is 0 Å². The molecule has 0 bridgehead atoms. The molecule has 0 saturated carbocycles. The minimum absolute atomic E-state index is 0.358. The largest absolute Gasteiger partial charge is 0.469 e. The first kappa shape index (κ1) is 10.9. The van der Waals surface area contributed by atoms with Gasteiger partial charge in [0, 0.05) is 12.8 Å². The molecule has 0 aromatic carbocycles. The first-order chi connectivity index (χ1) is 7.79. The van der Waals surface area contributed by atoms with Crippen LogP contribution in [-0.4, -0.2) is 15.2 Å². The summed E-state index contributed by atoms with van der Waals surface area (Å²) in [6.07, 6.45) is 2.92. The van der Waals surface area contributed by atoms with Crippen LogP contribution in [-0.2, 0) is 12.8 Å². The van der Waals surface area contributed by atoms with Crippen molar-refractivity contribution in [2.45, 2.75) is 32.3 Å². The van der Waals surface area contributed by atoms with Gasteiger partial charge in [-0.1, -0.05) is 12.1 Å². The van der Waals surface area contributed by atoms with Gasteiger partial charge in [0.05, 0.1) is 6.26 Å². The molecule has 0 aliphatic rings. The van der Waals surface area contributed by atoms with Gasteiger partial charge in [-0.3, -0.25) is 0 Å². The van der Waals surface area contributed by atoms with E-state index >= 15 is 0 Å². The van der Waals surface area contributed by atoms with Crippen LogP contribution in [0.1, 0.15) is 36.9 Å². The molecule has 1 atom stereocenters. The van der Waals surface area contributed by atoms with E-state index in [0.717, 1.165) is 12.2 Å². The third kappa shape index (κ3) is 2.49. The molecule has 0 fully saturated rings. The molecule has 0 saturated heterocycles. The maximum Gasteiger partial charge on any atom is 0.227 e. The van der Waals surface area contributed by atoms with Crippen molar-refractivity contribution in [2.75, 3.05) is 0 Å². The molecule has 2 aromatic rings. The minimum atomic E-state index is -0.638. The van der Waals surface area contributed by atoms with E-state index in [9.17, 15) is 5.11 Å². The zero-order valence-corrected chi connectivity index (χ0v) is 9.09. The normalized spacial score (nSPS) is 12.9. The number of nitrogens with zero attached hydrogens (tertiary/aromatic N) is 2. The van der Waals surface area contributed by atoms with Gasteiger partial charge < -0.3 is 14.0 Å².